The number of alkyl halides is 3. The van der Waals surface area contributed by atoms with Crippen LogP contribution in [0.15, 0.2) is 48.5 Å². The van der Waals surface area contributed by atoms with Crippen LogP contribution < -0.4 is 5.32 Å². The molecule has 24 heavy (non-hydrogen) atoms. The summed E-state index contributed by atoms with van der Waals surface area (Å²) in [7, 11) is 0. The normalized spacial score (nSPS) is 13.1. The van der Waals surface area contributed by atoms with Crippen molar-refractivity contribution in [1.82, 2.24) is 0 Å². The van der Waals surface area contributed by atoms with E-state index < -0.39 is 11.7 Å². The number of halogens is 3. The Labute approximate surface area is 141 Å². The van der Waals surface area contributed by atoms with Gasteiger partial charge in [0.15, 0.2) is 0 Å². The van der Waals surface area contributed by atoms with E-state index in [1.165, 1.54) is 17.2 Å². The molecule has 0 amide bonds. The van der Waals surface area contributed by atoms with E-state index in [2.05, 4.69) is 50.4 Å². The second-order valence-electron chi connectivity index (χ2n) is 6.70. The molecule has 2 rings (SSSR count). The van der Waals surface area contributed by atoms with Gasteiger partial charge in [-0.3, -0.25) is 0 Å². The lowest BCUT2D eigenvalue weighted by Gasteiger charge is -2.16. The molecule has 130 valence electrons. The van der Waals surface area contributed by atoms with Crippen LogP contribution in [0.2, 0.25) is 0 Å². The van der Waals surface area contributed by atoms with Crippen molar-refractivity contribution in [2.45, 2.75) is 39.3 Å². The van der Waals surface area contributed by atoms with E-state index in [0.717, 1.165) is 18.6 Å². The highest BCUT2D eigenvalue weighted by Crippen LogP contribution is 2.30. The van der Waals surface area contributed by atoms with Crippen LogP contribution in [0.1, 0.15) is 43.4 Å². The molecule has 1 N–H and O–H groups in total. The summed E-state index contributed by atoms with van der Waals surface area (Å²) in [6, 6.07) is 13.8. The smallest absolute Gasteiger partial charge is 0.384 e. The Morgan fingerprint density at radius 3 is 2.21 bits per heavy atom. The summed E-state index contributed by atoms with van der Waals surface area (Å²) in [5, 5.41) is 3.10. The van der Waals surface area contributed by atoms with Gasteiger partial charge in [0, 0.05) is 12.2 Å². The third kappa shape index (κ3) is 5.29. The molecule has 0 aromatic heterocycles. The summed E-state index contributed by atoms with van der Waals surface area (Å²) in [6.45, 7) is 7.04. The molecule has 0 aliphatic heterocycles. The van der Waals surface area contributed by atoms with Crippen molar-refractivity contribution in [3.8, 4) is 0 Å². The molecule has 1 unspecified atom stereocenters. The van der Waals surface area contributed by atoms with Gasteiger partial charge in [-0.05, 0) is 47.6 Å². The van der Waals surface area contributed by atoms with Gasteiger partial charge in [-0.1, -0.05) is 51.1 Å². The molecule has 0 bridgehead atoms. The third-order valence-corrected chi connectivity index (χ3v) is 3.99. The van der Waals surface area contributed by atoms with Crippen molar-refractivity contribution in [3.63, 3.8) is 0 Å². The van der Waals surface area contributed by atoms with Crippen molar-refractivity contribution in [2.75, 3.05) is 11.9 Å². The zero-order chi connectivity index (χ0) is 17.7. The molecular formula is C20H24F3N. The van der Waals surface area contributed by atoms with Gasteiger partial charge in [-0.25, -0.2) is 0 Å². The first kappa shape index (κ1) is 18.4. The minimum atomic E-state index is -4.31. The maximum Gasteiger partial charge on any atom is 0.416 e. The molecule has 2 aromatic carbocycles. The van der Waals surface area contributed by atoms with Gasteiger partial charge >= 0.3 is 6.18 Å². The maximum absolute atomic E-state index is 12.7. The van der Waals surface area contributed by atoms with Gasteiger partial charge in [0.05, 0.1) is 5.56 Å². The Kier molecular flexibility index (Phi) is 5.92. The first-order chi connectivity index (χ1) is 11.3. The van der Waals surface area contributed by atoms with Crippen LogP contribution in [0.4, 0.5) is 18.9 Å². The zero-order valence-corrected chi connectivity index (χ0v) is 14.3. The Bertz CT molecular complexity index is 645. The van der Waals surface area contributed by atoms with Crippen molar-refractivity contribution in [3.05, 3.63) is 65.2 Å². The fourth-order valence-corrected chi connectivity index (χ4v) is 2.65. The topological polar surface area (TPSA) is 12.0 Å². The van der Waals surface area contributed by atoms with E-state index in [9.17, 15) is 13.2 Å². The Balaban J connectivity index is 1.96. The Hall–Kier alpha value is -1.97. The zero-order valence-electron chi connectivity index (χ0n) is 14.3. The summed E-state index contributed by atoms with van der Waals surface area (Å²) >= 11 is 0. The molecule has 4 heteroatoms. The number of anilines is 1. The van der Waals surface area contributed by atoms with Gasteiger partial charge in [-0.15, -0.1) is 0 Å². The Morgan fingerprint density at radius 1 is 0.958 bits per heavy atom. The molecule has 1 nitrogen and oxygen atoms in total. The molecule has 2 aromatic rings. The van der Waals surface area contributed by atoms with Gasteiger partial charge < -0.3 is 5.32 Å². The highest BCUT2D eigenvalue weighted by atomic mass is 19.4. The molecule has 0 radical (unpaired) electrons. The van der Waals surface area contributed by atoms with Crippen LogP contribution in [0.25, 0.3) is 0 Å². The van der Waals surface area contributed by atoms with Crippen LogP contribution in [0.5, 0.6) is 0 Å². The van der Waals surface area contributed by atoms with Crippen LogP contribution in [0, 0.1) is 5.92 Å². The number of benzene rings is 2. The fraction of sp³-hybridized carbons (Fsp3) is 0.400. The van der Waals surface area contributed by atoms with Crippen molar-refractivity contribution in [2.24, 2.45) is 5.92 Å². The highest BCUT2D eigenvalue weighted by Gasteiger charge is 2.30. The number of rotatable bonds is 6. The molecular weight excluding hydrogens is 311 g/mol. The lowest BCUT2D eigenvalue weighted by Crippen LogP contribution is -2.11. The monoisotopic (exact) mass is 335 g/mol. The Morgan fingerprint density at radius 2 is 1.62 bits per heavy atom. The molecule has 0 saturated heterocycles. The second kappa shape index (κ2) is 7.73. The molecule has 0 heterocycles. The van der Waals surface area contributed by atoms with Gasteiger partial charge in [-0.2, -0.15) is 13.2 Å². The van der Waals surface area contributed by atoms with Crippen molar-refractivity contribution < 1.29 is 13.2 Å². The molecule has 1 atom stereocenters. The molecule has 0 aliphatic rings. The van der Waals surface area contributed by atoms with E-state index >= 15 is 0 Å². The number of hydrogen-bond donors (Lipinski definition) is 1. The second-order valence-corrected chi connectivity index (χ2v) is 6.70. The largest absolute Gasteiger partial charge is 0.416 e. The third-order valence-electron chi connectivity index (χ3n) is 3.99. The first-order valence-corrected chi connectivity index (χ1v) is 8.25. The minimum Gasteiger partial charge on any atom is -0.384 e. The summed E-state index contributed by atoms with van der Waals surface area (Å²) in [4.78, 5) is 0. The minimum absolute atomic E-state index is 0.215. The average molecular weight is 335 g/mol. The van der Waals surface area contributed by atoms with Crippen molar-refractivity contribution in [1.29, 1.82) is 0 Å². The predicted octanol–water partition coefficient (Wildman–Crippen LogP) is 6.12. The number of hydrogen-bond acceptors (Lipinski definition) is 1. The van der Waals surface area contributed by atoms with E-state index in [4.69, 9.17) is 0 Å². The van der Waals surface area contributed by atoms with Gasteiger partial charge in [0.2, 0.25) is 0 Å². The number of nitrogens with one attached hydrogen (secondary N) is 1. The standard InChI is InChI=1S/C20H24F3N/c1-14(2)11-16-7-9-17(10-8-16)15(3)13-24-19-6-4-5-18(12-19)20(21,22)23/h4-10,12,14-15,24H,11,13H2,1-3H3. The fourth-order valence-electron chi connectivity index (χ4n) is 2.65. The van der Waals surface area contributed by atoms with Crippen LogP contribution in [-0.2, 0) is 12.6 Å². The van der Waals surface area contributed by atoms with E-state index in [1.807, 2.05) is 0 Å². The van der Waals surface area contributed by atoms with Crippen LogP contribution >= 0.6 is 0 Å². The molecule has 0 spiro atoms. The lowest BCUT2D eigenvalue weighted by atomic mass is 9.96. The van der Waals surface area contributed by atoms with E-state index in [0.29, 0.717) is 18.2 Å². The van der Waals surface area contributed by atoms with E-state index in [1.54, 1.807) is 6.07 Å². The van der Waals surface area contributed by atoms with Crippen LogP contribution in [0.3, 0.4) is 0 Å². The molecule has 0 fully saturated rings. The summed E-state index contributed by atoms with van der Waals surface area (Å²) in [5.41, 5.74) is 2.36. The SMILES string of the molecule is CC(C)Cc1ccc(C(C)CNc2cccc(C(F)(F)F)c2)cc1. The molecule has 0 saturated carbocycles. The predicted molar refractivity (Wildman–Crippen MR) is 93.3 cm³/mol. The summed E-state index contributed by atoms with van der Waals surface area (Å²) < 4.78 is 38.2. The summed E-state index contributed by atoms with van der Waals surface area (Å²) in [6.07, 6.45) is -3.26. The molecule has 0 aliphatic carbocycles. The van der Waals surface area contributed by atoms with Crippen LogP contribution in [-0.4, -0.2) is 6.54 Å². The first-order valence-electron chi connectivity index (χ1n) is 8.25. The lowest BCUT2D eigenvalue weighted by molar-refractivity contribution is -0.137. The van der Waals surface area contributed by atoms with Gasteiger partial charge in [0.1, 0.15) is 0 Å². The summed E-state index contributed by atoms with van der Waals surface area (Å²) in [5.74, 6) is 0.837. The highest BCUT2D eigenvalue weighted by molar-refractivity contribution is 5.47. The van der Waals surface area contributed by atoms with Crippen molar-refractivity contribution >= 4 is 5.69 Å². The maximum atomic E-state index is 12.7. The average Bonchev–Trinajstić information content (AvgIpc) is 2.52. The van der Waals surface area contributed by atoms with Gasteiger partial charge in [0.25, 0.3) is 0 Å². The quantitative estimate of drug-likeness (QED) is 0.670. The van der Waals surface area contributed by atoms with E-state index in [-0.39, 0.29) is 5.92 Å².